The van der Waals surface area contributed by atoms with Crippen LogP contribution in [0.15, 0.2) is 29.2 Å². The van der Waals surface area contributed by atoms with Gasteiger partial charge in [-0.1, -0.05) is 46.4 Å². The molecule has 1 heterocycles. The Bertz CT molecular complexity index is 866. The van der Waals surface area contributed by atoms with E-state index in [1.165, 1.54) is 24.3 Å². The average Bonchev–Trinajstić information content (AvgIpc) is 2.71. The molecule has 13 heteroatoms. The van der Waals surface area contributed by atoms with Crippen LogP contribution < -0.4 is 10.0 Å². The average molecular weight is 470 g/mol. The maximum Gasteiger partial charge on any atom is 0.272 e. The molecule has 0 aliphatic carbocycles. The zero-order valence-corrected chi connectivity index (χ0v) is 16.9. The summed E-state index contributed by atoms with van der Waals surface area (Å²) in [6, 6.07) is 3.11. The molecule has 1 aromatic carbocycles. The van der Waals surface area contributed by atoms with E-state index in [1.807, 2.05) is 0 Å². The molecular weight excluding hydrogens is 458 g/mol. The molecule has 1 saturated heterocycles. The molecular formula is C12H12Cl4N2O5S2. The first-order valence-corrected chi connectivity index (χ1v) is 11.5. The van der Waals surface area contributed by atoms with Gasteiger partial charge in [-0.05, 0) is 24.3 Å². The van der Waals surface area contributed by atoms with Crippen molar-refractivity contribution in [2.75, 3.05) is 11.5 Å². The van der Waals surface area contributed by atoms with Gasteiger partial charge in [-0.2, -0.15) is 0 Å². The van der Waals surface area contributed by atoms with Crippen LogP contribution in [0.2, 0.25) is 5.02 Å². The van der Waals surface area contributed by atoms with Gasteiger partial charge in [-0.3, -0.25) is 4.79 Å². The van der Waals surface area contributed by atoms with E-state index < -0.39 is 53.1 Å². The van der Waals surface area contributed by atoms with E-state index in [1.54, 1.807) is 0 Å². The van der Waals surface area contributed by atoms with E-state index in [4.69, 9.17) is 46.4 Å². The normalized spacial score (nSPS) is 23.4. The summed E-state index contributed by atoms with van der Waals surface area (Å²) in [7, 11) is -7.63. The van der Waals surface area contributed by atoms with Crippen LogP contribution in [0.1, 0.15) is 0 Å². The number of hydrogen-bond acceptors (Lipinski definition) is 5. The Hall–Kier alpha value is -0.290. The number of sulfone groups is 1. The van der Waals surface area contributed by atoms with Crippen LogP contribution in [0.3, 0.4) is 0 Å². The molecule has 2 rings (SSSR count). The predicted octanol–water partition coefficient (Wildman–Crippen LogP) is 1.27. The minimum Gasteiger partial charge on any atom is -0.347 e. The van der Waals surface area contributed by atoms with Crippen LogP contribution in [0.5, 0.6) is 0 Å². The second-order valence-electron chi connectivity index (χ2n) is 5.34. The molecule has 1 amide bonds. The lowest BCUT2D eigenvalue weighted by Gasteiger charge is -2.22. The van der Waals surface area contributed by atoms with E-state index >= 15 is 0 Å². The highest BCUT2D eigenvalue weighted by Crippen LogP contribution is 2.27. The van der Waals surface area contributed by atoms with Crippen molar-refractivity contribution in [2.45, 2.75) is 20.8 Å². The number of sulfonamides is 1. The van der Waals surface area contributed by atoms with Gasteiger partial charge in [-0.15, -0.1) is 0 Å². The van der Waals surface area contributed by atoms with Gasteiger partial charge >= 0.3 is 0 Å². The van der Waals surface area contributed by atoms with Crippen LogP contribution in [-0.4, -0.2) is 50.1 Å². The molecule has 0 bridgehead atoms. The van der Waals surface area contributed by atoms with Gasteiger partial charge in [0, 0.05) is 5.02 Å². The first-order chi connectivity index (χ1) is 11.3. The van der Waals surface area contributed by atoms with Crippen LogP contribution in [0.4, 0.5) is 0 Å². The molecule has 1 fully saturated rings. The van der Waals surface area contributed by atoms with E-state index in [0.29, 0.717) is 5.02 Å². The number of rotatable bonds is 4. The first-order valence-electron chi connectivity index (χ1n) is 6.66. The zero-order chi connectivity index (χ0) is 19.0. The molecule has 1 aromatic rings. The van der Waals surface area contributed by atoms with Crippen LogP contribution in [0.25, 0.3) is 0 Å². The summed E-state index contributed by atoms with van der Waals surface area (Å²) in [5.41, 5.74) is 0. The van der Waals surface area contributed by atoms with Crippen molar-refractivity contribution in [3.63, 3.8) is 0 Å². The molecule has 0 aromatic heterocycles. The first kappa shape index (κ1) is 21.0. The van der Waals surface area contributed by atoms with Crippen molar-refractivity contribution in [1.29, 1.82) is 0 Å². The number of alkyl halides is 3. The fraction of sp³-hybridized carbons (Fsp3) is 0.417. The molecule has 1 aliphatic heterocycles. The Kier molecular flexibility index (Phi) is 6.20. The minimum absolute atomic E-state index is 0.104. The van der Waals surface area contributed by atoms with Crippen molar-refractivity contribution in [3.05, 3.63) is 29.3 Å². The Morgan fingerprint density at radius 3 is 2.12 bits per heavy atom. The lowest BCUT2D eigenvalue weighted by atomic mass is 10.2. The standard InChI is InChI=1S/C12H12Cl4N2O5S2/c13-7-1-3-8(4-2-7)25(22,23)18-10-6-24(20,21)5-9(10)17-11(19)12(14,15)16/h1-4,9-10,18H,5-6H2,(H,17,19)/t9-,10-/m0/s1. The third-order valence-corrected chi connectivity index (χ3v) is 7.36. The van der Waals surface area contributed by atoms with Gasteiger partial charge in [-0.25, -0.2) is 21.6 Å². The fourth-order valence-corrected chi connectivity index (χ4v) is 5.77. The van der Waals surface area contributed by atoms with Crippen LogP contribution in [0, 0.1) is 0 Å². The summed E-state index contributed by atoms with van der Waals surface area (Å²) in [4.78, 5) is 11.7. The molecule has 25 heavy (non-hydrogen) atoms. The van der Waals surface area contributed by atoms with Gasteiger partial charge in [0.1, 0.15) is 0 Å². The maximum absolute atomic E-state index is 12.4. The molecule has 0 spiro atoms. The monoisotopic (exact) mass is 468 g/mol. The summed E-state index contributed by atoms with van der Waals surface area (Å²) in [5.74, 6) is -2.02. The Labute approximate surface area is 164 Å². The van der Waals surface area contributed by atoms with Crippen molar-refractivity contribution < 1.29 is 21.6 Å². The van der Waals surface area contributed by atoms with Crippen LogP contribution in [-0.2, 0) is 24.7 Å². The number of halogens is 4. The molecule has 2 N–H and O–H groups in total. The summed E-state index contributed by atoms with van der Waals surface area (Å²) in [5, 5.41) is 2.59. The summed E-state index contributed by atoms with van der Waals surface area (Å²) >= 11 is 22.0. The van der Waals surface area contributed by atoms with Crippen molar-refractivity contribution in [1.82, 2.24) is 10.0 Å². The quantitative estimate of drug-likeness (QED) is 0.645. The number of carbonyl (C=O) groups is 1. The lowest BCUT2D eigenvalue weighted by molar-refractivity contribution is -0.120. The van der Waals surface area contributed by atoms with Crippen LogP contribution >= 0.6 is 46.4 Å². The lowest BCUT2D eigenvalue weighted by Crippen LogP contribution is -2.53. The molecule has 7 nitrogen and oxygen atoms in total. The van der Waals surface area contributed by atoms with Crippen molar-refractivity contribution in [2.24, 2.45) is 0 Å². The molecule has 140 valence electrons. The number of hydrogen-bond donors (Lipinski definition) is 2. The predicted molar refractivity (Wildman–Crippen MR) is 96.4 cm³/mol. The van der Waals surface area contributed by atoms with Gasteiger partial charge < -0.3 is 5.32 Å². The van der Waals surface area contributed by atoms with Crippen molar-refractivity contribution >= 4 is 72.2 Å². The minimum atomic E-state index is -4.04. The second-order valence-corrected chi connectivity index (χ2v) is 11.9. The van der Waals surface area contributed by atoms with Gasteiger partial charge in [0.2, 0.25) is 10.0 Å². The Morgan fingerprint density at radius 1 is 1.08 bits per heavy atom. The highest BCUT2D eigenvalue weighted by molar-refractivity contribution is 7.92. The Morgan fingerprint density at radius 2 is 1.60 bits per heavy atom. The van der Waals surface area contributed by atoms with E-state index in [2.05, 4.69) is 10.0 Å². The third kappa shape index (κ3) is 5.59. The molecule has 0 radical (unpaired) electrons. The molecule has 0 unspecified atom stereocenters. The number of nitrogens with one attached hydrogen (secondary N) is 2. The summed E-state index contributed by atoms with van der Waals surface area (Å²) in [6.07, 6.45) is 0. The Balaban J connectivity index is 2.23. The summed E-state index contributed by atoms with van der Waals surface area (Å²) in [6.45, 7) is 0. The van der Waals surface area contributed by atoms with E-state index in [9.17, 15) is 21.6 Å². The molecule has 2 atom stereocenters. The topological polar surface area (TPSA) is 109 Å². The number of benzene rings is 1. The maximum atomic E-state index is 12.4. The molecule has 1 aliphatic rings. The zero-order valence-electron chi connectivity index (χ0n) is 12.2. The smallest absolute Gasteiger partial charge is 0.272 e. The molecule has 0 saturated carbocycles. The number of carbonyl (C=O) groups excluding carboxylic acids is 1. The highest BCUT2D eigenvalue weighted by atomic mass is 35.6. The van der Waals surface area contributed by atoms with Gasteiger partial charge in [0.05, 0.1) is 28.5 Å². The second kappa shape index (κ2) is 7.38. The highest BCUT2D eigenvalue weighted by Gasteiger charge is 2.43. The largest absolute Gasteiger partial charge is 0.347 e. The van der Waals surface area contributed by atoms with Crippen molar-refractivity contribution in [3.8, 4) is 0 Å². The fourth-order valence-electron chi connectivity index (χ4n) is 2.24. The number of amides is 1. The van der Waals surface area contributed by atoms with Gasteiger partial charge in [0.15, 0.2) is 9.84 Å². The van der Waals surface area contributed by atoms with E-state index in [0.717, 1.165) is 0 Å². The SMILES string of the molecule is O=C(N[C@H]1CS(=O)(=O)C[C@@H]1NS(=O)(=O)c1ccc(Cl)cc1)C(Cl)(Cl)Cl. The third-order valence-electron chi connectivity index (χ3n) is 3.36. The van der Waals surface area contributed by atoms with Gasteiger partial charge in [0.25, 0.3) is 9.70 Å². The van der Waals surface area contributed by atoms with E-state index in [-0.39, 0.29) is 4.90 Å². The summed E-state index contributed by atoms with van der Waals surface area (Å²) < 4.78 is 48.5.